The summed E-state index contributed by atoms with van der Waals surface area (Å²) in [6.07, 6.45) is -0.608. The second kappa shape index (κ2) is 7.83. The molecule has 8 heteroatoms. The molecule has 0 unspecified atom stereocenters. The highest BCUT2D eigenvalue weighted by Crippen LogP contribution is 2.19. The zero-order chi connectivity index (χ0) is 17.7. The molecular formula is C16H12ClF3N2O2. The van der Waals surface area contributed by atoms with Crippen molar-refractivity contribution in [2.45, 2.75) is 13.0 Å². The molecule has 0 aliphatic rings. The molecule has 0 fully saturated rings. The molecule has 2 aromatic rings. The maximum atomic E-state index is 13.4. The molecular weight excluding hydrogens is 345 g/mol. The van der Waals surface area contributed by atoms with E-state index in [1.807, 2.05) is 5.32 Å². The van der Waals surface area contributed by atoms with Crippen LogP contribution in [-0.4, -0.2) is 11.8 Å². The molecule has 0 saturated heterocycles. The van der Waals surface area contributed by atoms with Gasteiger partial charge >= 0.3 is 0 Å². The average molecular weight is 357 g/mol. The van der Waals surface area contributed by atoms with Crippen LogP contribution >= 0.6 is 11.6 Å². The summed E-state index contributed by atoms with van der Waals surface area (Å²) in [5.41, 5.74) is 0.123. The van der Waals surface area contributed by atoms with Crippen LogP contribution in [0.4, 0.5) is 18.9 Å². The van der Waals surface area contributed by atoms with Crippen LogP contribution in [0.25, 0.3) is 0 Å². The predicted octanol–water partition coefficient (Wildman–Crippen LogP) is 3.40. The topological polar surface area (TPSA) is 58.2 Å². The Hall–Kier alpha value is -2.54. The summed E-state index contributed by atoms with van der Waals surface area (Å²) in [5, 5.41) is 4.95. The summed E-state index contributed by atoms with van der Waals surface area (Å²) < 4.78 is 39.3. The molecule has 2 amide bonds. The van der Waals surface area contributed by atoms with Crippen LogP contribution in [-0.2, 0) is 16.1 Å². The Morgan fingerprint density at radius 3 is 2.38 bits per heavy atom. The van der Waals surface area contributed by atoms with E-state index in [9.17, 15) is 22.8 Å². The fourth-order valence-corrected chi connectivity index (χ4v) is 2.06. The number of benzene rings is 2. The summed E-state index contributed by atoms with van der Waals surface area (Å²) in [6.45, 7) is 0.116. The van der Waals surface area contributed by atoms with Crippen molar-refractivity contribution < 1.29 is 22.8 Å². The third-order valence-corrected chi connectivity index (χ3v) is 3.43. The van der Waals surface area contributed by atoms with Gasteiger partial charge in [0, 0.05) is 11.6 Å². The normalized spacial score (nSPS) is 10.3. The van der Waals surface area contributed by atoms with Gasteiger partial charge in [-0.2, -0.15) is 0 Å². The minimum absolute atomic E-state index is 0.116. The van der Waals surface area contributed by atoms with Crippen LogP contribution in [0.1, 0.15) is 12.0 Å². The lowest BCUT2D eigenvalue weighted by molar-refractivity contribution is -0.126. The van der Waals surface area contributed by atoms with Crippen molar-refractivity contribution in [3.8, 4) is 0 Å². The van der Waals surface area contributed by atoms with Gasteiger partial charge in [-0.25, -0.2) is 13.2 Å². The predicted molar refractivity (Wildman–Crippen MR) is 82.9 cm³/mol. The number of amides is 2. The number of halogens is 4. The van der Waals surface area contributed by atoms with Crippen LogP contribution in [0, 0.1) is 17.5 Å². The van der Waals surface area contributed by atoms with Gasteiger partial charge in [0.15, 0.2) is 17.5 Å². The Balaban J connectivity index is 1.89. The molecule has 0 aliphatic heterocycles. The van der Waals surface area contributed by atoms with Crippen molar-refractivity contribution in [2.75, 3.05) is 5.32 Å². The van der Waals surface area contributed by atoms with E-state index >= 15 is 0 Å². The third kappa shape index (κ3) is 4.48. The van der Waals surface area contributed by atoms with Gasteiger partial charge in [0.05, 0.1) is 5.69 Å². The van der Waals surface area contributed by atoms with Gasteiger partial charge in [-0.3, -0.25) is 9.59 Å². The highest BCUT2D eigenvalue weighted by atomic mass is 35.5. The molecule has 4 nitrogen and oxygen atoms in total. The van der Waals surface area contributed by atoms with Crippen LogP contribution < -0.4 is 10.6 Å². The van der Waals surface area contributed by atoms with Gasteiger partial charge in [0.25, 0.3) is 0 Å². The molecule has 126 valence electrons. The van der Waals surface area contributed by atoms with Gasteiger partial charge in [-0.15, -0.1) is 0 Å². The molecule has 0 heterocycles. The van der Waals surface area contributed by atoms with E-state index in [1.54, 1.807) is 24.3 Å². The Morgan fingerprint density at radius 2 is 1.67 bits per heavy atom. The lowest BCUT2D eigenvalue weighted by Gasteiger charge is -2.09. The van der Waals surface area contributed by atoms with Gasteiger partial charge in [-0.05, 0) is 23.8 Å². The van der Waals surface area contributed by atoms with Crippen molar-refractivity contribution in [1.29, 1.82) is 0 Å². The minimum Gasteiger partial charge on any atom is -0.352 e. The van der Waals surface area contributed by atoms with Crippen molar-refractivity contribution in [3.63, 3.8) is 0 Å². The second-order valence-electron chi connectivity index (χ2n) is 4.82. The smallest absolute Gasteiger partial charge is 0.233 e. The summed E-state index contributed by atoms with van der Waals surface area (Å²) in [4.78, 5) is 23.4. The van der Waals surface area contributed by atoms with E-state index in [4.69, 9.17) is 11.6 Å². The molecule has 0 aromatic heterocycles. The Morgan fingerprint density at radius 1 is 0.958 bits per heavy atom. The summed E-state index contributed by atoms with van der Waals surface area (Å²) in [5.74, 6) is -6.09. The van der Waals surface area contributed by atoms with E-state index in [0.29, 0.717) is 16.7 Å². The molecule has 2 rings (SSSR count). The lowest BCUT2D eigenvalue weighted by atomic mass is 10.2. The maximum Gasteiger partial charge on any atom is 0.233 e. The number of nitrogens with one attached hydrogen (secondary N) is 2. The largest absolute Gasteiger partial charge is 0.352 e. The lowest BCUT2D eigenvalue weighted by Crippen LogP contribution is -2.28. The van der Waals surface area contributed by atoms with Crippen molar-refractivity contribution >= 4 is 29.1 Å². The van der Waals surface area contributed by atoms with Gasteiger partial charge in [-0.1, -0.05) is 29.8 Å². The molecule has 2 aromatic carbocycles. The van der Waals surface area contributed by atoms with Crippen LogP contribution in [0.5, 0.6) is 0 Å². The van der Waals surface area contributed by atoms with Crippen LogP contribution in [0.15, 0.2) is 36.4 Å². The summed E-state index contributed by atoms with van der Waals surface area (Å²) in [7, 11) is 0. The van der Waals surface area contributed by atoms with E-state index in [1.165, 1.54) is 0 Å². The zero-order valence-corrected chi connectivity index (χ0v) is 13.0. The first-order valence-electron chi connectivity index (χ1n) is 6.82. The highest BCUT2D eigenvalue weighted by Gasteiger charge is 2.16. The van der Waals surface area contributed by atoms with Crippen molar-refractivity contribution in [3.05, 3.63) is 64.4 Å². The van der Waals surface area contributed by atoms with Crippen molar-refractivity contribution in [1.82, 2.24) is 5.32 Å². The van der Waals surface area contributed by atoms with Crippen molar-refractivity contribution in [2.24, 2.45) is 0 Å². The summed E-state index contributed by atoms with van der Waals surface area (Å²) >= 11 is 5.93. The fraction of sp³-hybridized carbons (Fsp3) is 0.125. The zero-order valence-electron chi connectivity index (χ0n) is 12.2. The first-order chi connectivity index (χ1) is 11.4. The standard InChI is InChI=1S/C16H12ClF3N2O2/c17-10-4-2-1-3-9(10)8-21-13(23)7-14(24)22-12-6-5-11(18)15(19)16(12)20/h1-6H,7-8H2,(H,21,23)(H,22,24). The highest BCUT2D eigenvalue weighted by molar-refractivity contribution is 6.31. The molecule has 0 bridgehead atoms. The Kier molecular flexibility index (Phi) is 5.81. The first kappa shape index (κ1) is 17.8. The number of rotatable bonds is 5. The molecule has 0 saturated carbocycles. The summed E-state index contributed by atoms with van der Waals surface area (Å²) in [6, 6.07) is 8.38. The minimum atomic E-state index is -1.70. The molecule has 0 aliphatic carbocycles. The van der Waals surface area contributed by atoms with E-state index in [-0.39, 0.29) is 6.54 Å². The first-order valence-corrected chi connectivity index (χ1v) is 7.19. The quantitative estimate of drug-likeness (QED) is 0.637. The van der Waals surface area contributed by atoms with E-state index < -0.39 is 41.4 Å². The SMILES string of the molecule is O=C(CC(=O)Nc1ccc(F)c(F)c1F)NCc1ccccc1Cl. The molecule has 24 heavy (non-hydrogen) atoms. The molecule has 2 N–H and O–H groups in total. The van der Waals surface area contributed by atoms with E-state index in [0.717, 1.165) is 6.07 Å². The average Bonchev–Trinajstić information content (AvgIpc) is 2.54. The number of anilines is 1. The van der Waals surface area contributed by atoms with Crippen LogP contribution in [0.2, 0.25) is 5.02 Å². The number of carbonyl (C=O) groups is 2. The second-order valence-corrected chi connectivity index (χ2v) is 5.22. The van der Waals surface area contributed by atoms with E-state index in [2.05, 4.69) is 5.32 Å². The number of carbonyl (C=O) groups excluding carboxylic acids is 2. The van der Waals surface area contributed by atoms with Gasteiger partial charge < -0.3 is 10.6 Å². The monoisotopic (exact) mass is 356 g/mol. The van der Waals surface area contributed by atoms with Gasteiger partial charge in [0.1, 0.15) is 6.42 Å². The van der Waals surface area contributed by atoms with Gasteiger partial charge in [0.2, 0.25) is 11.8 Å². The maximum absolute atomic E-state index is 13.4. The molecule has 0 atom stereocenters. The fourth-order valence-electron chi connectivity index (χ4n) is 1.86. The number of hydrogen-bond acceptors (Lipinski definition) is 2. The third-order valence-electron chi connectivity index (χ3n) is 3.06. The van der Waals surface area contributed by atoms with Crippen LogP contribution in [0.3, 0.4) is 0 Å². The molecule has 0 radical (unpaired) electrons. The molecule has 0 spiro atoms. The Labute approximate surface area is 140 Å². The number of hydrogen-bond donors (Lipinski definition) is 2. The Bertz CT molecular complexity index is 784.